The van der Waals surface area contributed by atoms with Gasteiger partial charge in [-0.05, 0) is 24.6 Å². The van der Waals surface area contributed by atoms with Crippen LogP contribution < -0.4 is 26.6 Å². The molecule has 0 aliphatic carbocycles. The molecule has 0 fully saturated rings. The number of nitrogens with zero attached hydrogens (tertiary/aromatic N) is 2. The Kier molecular flexibility index (Phi) is 7.72. The molecule has 0 aliphatic rings. The molecule has 8 nitrogen and oxygen atoms in total. The van der Waals surface area contributed by atoms with Crippen molar-refractivity contribution in [1.29, 1.82) is 0 Å². The first-order chi connectivity index (χ1) is 16.2. The number of para-hydroxylation sites is 1. The molecule has 0 radical (unpaired) electrons. The van der Waals surface area contributed by atoms with Gasteiger partial charge in [0.15, 0.2) is 17.3 Å². The van der Waals surface area contributed by atoms with Gasteiger partial charge >= 0.3 is 5.69 Å². The summed E-state index contributed by atoms with van der Waals surface area (Å²) < 4.78 is 34.1. The summed E-state index contributed by atoms with van der Waals surface area (Å²) in [5, 5.41) is -0.358. The van der Waals surface area contributed by atoms with Gasteiger partial charge in [0.2, 0.25) is 0 Å². The van der Waals surface area contributed by atoms with Crippen molar-refractivity contribution in [3.8, 4) is 5.75 Å². The third kappa shape index (κ3) is 4.96. The summed E-state index contributed by atoms with van der Waals surface area (Å²) in [7, 11) is 1.43. The molecule has 0 atom stereocenters. The highest BCUT2D eigenvalue weighted by Gasteiger charge is 2.28. The highest BCUT2D eigenvalue weighted by molar-refractivity contribution is 6.34. The molecular weight excluding hydrogens is 470 g/mol. The number of unbranched alkanes of at least 4 members (excludes halogenated alkanes) is 1. The maximum atomic E-state index is 14.0. The van der Waals surface area contributed by atoms with Gasteiger partial charge in [-0.2, -0.15) is 0 Å². The van der Waals surface area contributed by atoms with Crippen molar-refractivity contribution in [3.63, 3.8) is 0 Å². The minimum absolute atomic E-state index is 0.202. The molecule has 11 heteroatoms. The molecule has 0 bridgehead atoms. The minimum atomic E-state index is -1.29. The second-order valence-electron chi connectivity index (χ2n) is 7.45. The van der Waals surface area contributed by atoms with Crippen LogP contribution >= 0.6 is 11.6 Å². The normalized spacial score (nSPS) is 10.9. The Morgan fingerprint density at radius 2 is 1.88 bits per heavy atom. The average Bonchev–Trinajstić information content (AvgIpc) is 2.80. The van der Waals surface area contributed by atoms with Gasteiger partial charge in [0.05, 0.1) is 24.2 Å². The van der Waals surface area contributed by atoms with Crippen LogP contribution in [0.3, 0.4) is 0 Å². The van der Waals surface area contributed by atoms with Gasteiger partial charge in [-0.25, -0.2) is 13.6 Å². The van der Waals surface area contributed by atoms with Crippen molar-refractivity contribution in [2.24, 2.45) is 0 Å². The van der Waals surface area contributed by atoms with Crippen molar-refractivity contribution in [2.75, 3.05) is 17.7 Å². The number of aromatic amines is 1. The monoisotopic (exact) mass is 492 g/mol. The van der Waals surface area contributed by atoms with Crippen LogP contribution in [0.2, 0.25) is 5.02 Å². The molecule has 2 aromatic carbocycles. The van der Waals surface area contributed by atoms with Crippen LogP contribution in [0.15, 0.2) is 46.0 Å². The first-order valence-corrected chi connectivity index (χ1v) is 10.8. The van der Waals surface area contributed by atoms with Crippen molar-refractivity contribution in [2.45, 2.75) is 32.9 Å². The van der Waals surface area contributed by atoms with Crippen LogP contribution in [0.25, 0.3) is 0 Å². The molecular formula is C23H23ClF2N4O4. The zero-order valence-electron chi connectivity index (χ0n) is 18.5. The summed E-state index contributed by atoms with van der Waals surface area (Å²) in [6, 6.07) is 8.03. The van der Waals surface area contributed by atoms with E-state index in [0.717, 1.165) is 15.9 Å². The second-order valence-corrected chi connectivity index (χ2v) is 7.85. The molecule has 0 saturated carbocycles. The fourth-order valence-corrected chi connectivity index (χ4v) is 3.70. The second kappa shape index (κ2) is 10.5. The van der Waals surface area contributed by atoms with E-state index in [0.29, 0.717) is 29.9 Å². The van der Waals surface area contributed by atoms with Crippen molar-refractivity contribution in [3.05, 3.63) is 85.0 Å². The van der Waals surface area contributed by atoms with E-state index in [4.69, 9.17) is 22.1 Å². The molecule has 1 aromatic heterocycles. The number of rotatable bonds is 8. The van der Waals surface area contributed by atoms with Crippen LogP contribution in [0.1, 0.15) is 35.7 Å². The Hall–Kier alpha value is -3.66. The Morgan fingerprint density at radius 1 is 1.21 bits per heavy atom. The van der Waals surface area contributed by atoms with E-state index in [2.05, 4.69) is 4.98 Å². The Bertz CT molecular complexity index is 1340. The SMILES string of the molecule is CCCCn1c(N)c(N(Cc2ccccc2OC)C(=O)c2cc(F)c(F)cc2Cl)c(=O)[nH]c1=O. The van der Waals surface area contributed by atoms with Crippen molar-refractivity contribution >= 4 is 29.0 Å². The van der Waals surface area contributed by atoms with Crippen LogP contribution in [0.4, 0.5) is 20.3 Å². The number of carbonyl (C=O) groups is 1. The smallest absolute Gasteiger partial charge is 0.330 e. The van der Waals surface area contributed by atoms with Gasteiger partial charge in [-0.15, -0.1) is 0 Å². The molecule has 3 aromatic rings. The number of H-pyrrole nitrogens is 1. The zero-order chi connectivity index (χ0) is 25.0. The van der Waals surface area contributed by atoms with E-state index in [1.165, 1.54) is 7.11 Å². The van der Waals surface area contributed by atoms with E-state index in [-0.39, 0.29) is 35.2 Å². The van der Waals surface area contributed by atoms with E-state index in [1.807, 2.05) is 6.92 Å². The predicted octanol–water partition coefficient (Wildman–Crippen LogP) is 3.71. The molecule has 0 aliphatic heterocycles. The molecule has 0 spiro atoms. The van der Waals surface area contributed by atoms with Crippen LogP contribution in [0, 0.1) is 11.6 Å². The summed E-state index contributed by atoms with van der Waals surface area (Å²) in [5.41, 5.74) is 4.34. The largest absolute Gasteiger partial charge is 0.496 e. The van der Waals surface area contributed by atoms with E-state index < -0.39 is 28.8 Å². The van der Waals surface area contributed by atoms with E-state index in [9.17, 15) is 23.2 Å². The number of amides is 1. The highest BCUT2D eigenvalue weighted by atomic mass is 35.5. The number of methoxy groups -OCH3 is 1. The lowest BCUT2D eigenvalue weighted by atomic mass is 10.1. The third-order valence-corrected chi connectivity index (χ3v) is 5.54. The number of carbonyl (C=O) groups excluding carboxylic acids is 1. The molecule has 1 heterocycles. The number of halogens is 3. The number of ether oxygens (including phenoxy) is 1. The molecule has 0 unspecified atom stereocenters. The quantitative estimate of drug-likeness (QED) is 0.466. The number of benzene rings is 2. The first kappa shape index (κ1) is 25.0. The Morgan fingerprint density at radius 3 is 2.56 bits per heavy atom. The molecule has 0 saturated heterocycles. The zero-order valence-corrected chi connectivity index (χ0v) is 19.3. The van der Waals surface area contributed by atoms with Crippen LogP contribution in [-0.4, -0.2) is 22.6 Å². The number of nitrogen functional groups attached to an aromatic ring is 1. The number of nitrogens with one attached hydrogen (secondary N) is 1. The van der Waals surface area contributed by atoms with E-state index in [1.54, 1.807) is 24.3 Å². The molecule has 1 amide bonds. The van der Waals surface area contributed by atoms with Crippen molar-refractivity contribution < 1.29 is 18.3 Å². The number of hydrogen-bond donors (Lipinski definition) is 2. The highest BCUT2D eigenvalue weighted by Crippen LogP contribution is 2.29. The lowest BCUT2D eigenvalue weighted by Crippen LogP contribution is -2.41. The maximum Gasteiger partial charge on any atom is 0.330 e. The Labute approximate surface area is 198 Å². The molecule has 3 rings (SSSR count). The lowest BCUT2D eigenvalue weighted by molar-refractivity contribution is 0.0984. The van der Waals surface area contributed by atoms with Gasteiger partial charge in [0.1, 0.15) is 11.6 Å². The summed E-state index contributed by atoms with van der Waals surface area (Å²) in [6.07, 6.45) is 1.33. The summed E-state index contributed by atoms with van der Waals surface area (Å²) in [6.45, 7) is 1.88. The lowest BCUT2D eigenvalue weighted by Gasteiger charge is -2.26. The molecule has 180 valence electrons. The van der Waals surface area contributed by atoms with Crippen LogP contribution in [-0.2, 0) is 13.1 Å². The minimum Gasteiger partial charge on any atom is -0.496 e. The van der Waals surface area contributed by atoms with Crippen LogP contribution in [0.5, 0.6) is 5.75 Å². The van der Waals surface area contributed by atoms with Gasteiger partial charge in [0.25, 0.3) is 11.5 Å². The number of aromatic nitrogens is 2. The van der Waals surface area contributed by atoms with Gasteiger partial charge in [-0.3, -0.25) is 24.0 Å². The first-order valence-electron chi connectivity index (χ1n) is 10.4. The fraction of sp³-hybridized carbons (Fsp3) is 0.261. The standard InChI is InChI=1S/C23H23ClF2N4O4/c1-3-4-9-29-20(27)19(21(31)28-23(29)33)30(12-13-7-5-6-8-18(13)34-2)22(32)14-10-16(25)17(26)11-15(14)24/h5-8,10-11H,3-4,9,12,27H2,1-2H3,(H,28,31,33). The maximum absolute atomic E-state index is 14.0. The Balaban J connectivity index is 2.24. The van der Waals surface area contributed by atoms with Gasteiger partial charge in [0, 0.05) is 12.1 Å². The van der Waals surface area contributed by atoms with E-state index >= 15 is 0 Å². The molecule has 34 heavy (non-hydrogen) atoms. The third-order valence-electron chi connectivity index (χ3n) is 5.23. The molecule has 3 N–H and O–H groups in total. The topological polar surface area (TPSA) is 110 Å². The summed E-state index contributed by atoms with van der Waals surface area (Å²) in [5.74, 6) is -3.29. The summed E-state index contributed by atoms with van der Waals surface area (Å²) >= 11 is 6.04. The van der Waals surface area contributed by atoms with Gasteiger partial charge in [-0.1, -0.05) is 43.1 Å². The predicted molar refractivity (Wildman–Crippen MR) is 126 cm³/mol. The fourth-order valence-electron chi connectivity index (χ4n) is 3.46. The number of hydrogen-bond acceptors (Lipinski definition) is 5. The summed E-state index contributed by atoms with van der Waals surface area (Å²) in [4.78, 5) is 41.9. The number of nitrogens with two attached hydrogens (primary N) is 1. The number of anilines is 2. The van der Waals surface area contributed by atoms with Crippen molar-refractivity contribution in [1.82, 2.24) is 9.55 Å². The van der Waals surface area contributed by atoms with Gasteiger partial charge < -0.3 is 10.5 Å². The average molecular weight is 493 g/mol.